The Kier molecular flexibility index (Phi) is 1.58. The van der Waals surface area contributed by atoms with Gasteiger partial charge in [0, 0.05) is 19.3 Å². The van der Waals surface area contributed by atoms with Crippen LogP contribution < -0.4 is 5.73 Å². The summed E-state index contributed by atoms with van der Waals surface area (Å²) in [5, 5.41) is 0. The maximum atomic E-state index is 5.89. The molecule has 1 aromatic heterocycles. The molecular formula is C8H11BrN2. The van der Waals surface area contributed by atoms with Crippen molar-refractivity contribution in [3.8, 4) is 0 Å². The number of aryl methyl sites for hydroxylation is 1. The van der Waals surface area contributed by atoms with Gasteiger partial charge in [0.2, 0.25) is 0 Å². The summed E-state index contributed by atoms with van der Waals surface area (Å²) in [4.78, 5) is 0. The van der Waals surface area contributed by atoms with Gasteiger partial charge in [0.1, 0.15) is 0 Å². The minimum Gasteiger partial charge on any atom is -0.345 e. The second kappa shape index (κ2) is 2.35. The van der Waals surface area contributed by atoms with Crippen molar-refractivity contribution in [1.82, 2.24) is 4.57 Å². The Morgan fingerprint density at radius 3 is 3.09 bits per heavy atom. The number of aromatic nitrogens is 1. The van der Waals surface area contributed by atoms with E-state index in [1.807, 2.05) is 7.05 Å². The molecule has 0 amide bonds. The van der Waals surface area contributed by atoms with Crippen molar-refractivity contribution in [2.24, 2.45) is 12.8 Å². The minimum absolute atomic E-state index is 0.266. The highest BCUT2D eigenvalue weighted by molar-refractivity contribution is 9.10. The van der Waals surface area contributed by atoms with Crippen molar-refractivity contribution in [1.29, 1.82) is 0 Å². The molecule has 0 spiro atoms. The standard InChI is InChI=1S/C8H11BrN2/c1-11-4-6-5(8(11)9)2-3-7(6)10/h4,7H,2-3,10H2,1H3. The van der Waals surface area contributed by atoms with E-state index in [4.69, 9.17) is 5.73 Å². The van der Waals surface area contributed by atoms with E-state index in [9.17, 15) is 0 Å². The van der Waals surface area contributed by atoms with Crippen LogP contribution in [-0.2, 0) is 13.5 Å². The molecule has 1 heterocycles. The molecule has 0 saturated heterocycles. The molecule has 1 aliphatic carbocycles. The Hall–Kier alpha value is -0.280. The largest absolute Gasteiger partial charge is 0.345 e. The van der Waals surface area contributed by atoms with Crippen molar-refractivity contribution in [2.45, 2.75) is 18.9 Å². The van der Waals surface area contributed by atoms with Gasteiger partial charge in [0.05, 0.1) is 4.60 Å². The smallest absolute Gasteiger partial charge is 0.0879 e. The average molecular weight is 215 g/mol. The number of hydrogen-bond donors (Lipinski definition) is 1. The first-order valence-electron chi connectivity index (χ1n) is 3.79. The topological polar surface area (TPSA) is 30.9 Å². The van der Waals surface area contributed by atoms with E-state index in [0.717, 1.165) is 12.8 Å². The molecule has 1 atom stereocenters. The second-order valence-electron chi connectivity index (χ2n) is 3.11. The first kappa shape index (κ1) is 7.37. The highest BCUT2D eigenvalue weighted by Gasteiger charge is 2.23. The fourth-order valence-electron chi connectivity index (χ4n) is 1.70. The molecule has 11 heavy (non-hydrogen) atoms. The average Bonchev–Trinajstić information content (AvgIpc) is 2.43. The van der Waals surface area contributed by atoms with Crippen molar-refractivity contribution in [3.05, 3.63) is 21.9 Å². The lowest BCUT2D eigenvalue weighted by molar-refractivity contribution is 0.699. The Labute approximate surface area is 74.5 Å². The highest BCUT2D eigenvalue weighted by atomic mass is 79.9. The van der Waals surface area contributed by atoms with E-state index in [1.54, 1.807) is 0 Å². The Bertz CT molecular complexity index is 291. The molecule has 0 radical (unpaired) electrons. The molecule has 2 N–H and O–H groups in total. The van der Waals surface area contributed by atoms with E-state index >= 15 is 0 Å². The van der Waals surface area contributed by atoms with Gasteiger partial charge in [0.25, 0.3) is 0 Å². The van der Waals surface area contributed by atoms with Crippen LogP contribution in [0.15, 0.2) is 10.8 Å². The zero-order valence-corrected chi connectivity index (χ0v) is 8.06. The maximum absolute atomic E-state index is 5.89. The van der Waals surface area contributed by atoms with Crippen LogP contribution in [0.2, 0.25) is 0 Å². The van der Waals surface area contributed by atoms with E-state index in [-0.39, 0.29) is 6.04 Å². The van der Waals surface area contributed by atoms with Gasteiger partial charge < -0.3 is 10.3 Å². The summed E-state index contributed by atoms with van der Waals surface area (Å²) >= 11 is 3.54. The Morgan fingerprint density at radius 1 is 1.73 bits per heavy atom. The van der Waals surface area contributed by atoms with E-state index in [0.29, 0.717) is 0 Å². The third-order valence-corrected chi connectivity index (χ3v) is 3.38. The van der Waals surface area contributed by atoms with Crippen molar-refractivity contribution in [3.63, 3.8) is 0 Å². The van der Waals surface area contributed by atoms with Crippen LogP contribution in [-0.4, -0.2) is 4.57 Å². The summed E-state index contributed by atoms with van der Waals surface area (Å²) in [6.45, 7) is 0. The van der Waals surface area contributed by atoms with Gasteiger partial charge in [-0.1, -0.05) is 0 Å². The van der Waals surface area contributed by atoms with Gasteiger partial charge in [-0.15, -0.1) is 0 Å². The molecule has 0 aliphatic heterocycles. The molecule has 1 unspecified atom stereocenters. The fraction of sp³-hybridized carbons (Fsp3) is 0.500. The van der Waals surface area contributed by atoms with E-state index < -0.39 is 0 Å². The number of nitrogens with zero attached hydrogens (tertiary/aromatic N) is 1. The highest BCUT2D eigenvalue weighted by Crippen LogP contribution is 2.35. The lowest BCUT2D eigenvalue weighted by Gasteiger charge is -1.99. The van der Waals surface area contributed by atoms with Gasteiger partial charge >= 0.3 is 0 Å². The predicted octanol–water partition coefficient (Wildman–Crippen LogP) is 1.73. The van der Waals surface area contributed by atoms with Crippen LogP contribution in [0.4, 0.5) is 0 Å². The van der Waals surface area contributed by atoms with Crippen LogP contribution in [0.5, 0.6) is 0 Å². The molecular weight excluding hydrogens is 204 g/mol. The first-order chi connectivity index (χ1) is 5.20. The zero-order valence-electron chi connectivity index (χ0n) is 6.47. The summed E-state index contributed by atoms with van der Waals surface area (Å²) in [7, 11) is 2.04. The molecule has 2 nitrogen and oxygen atoms in total. The van der Waals surface area contributed by atoms with Crippen LogP contribution in [0, 0.1) is 0 Å². The normalized spacial score (nSPS) is 22.3. The van der Waals surface area contributed by atoms with Crippen LogP contribution >= 0.6 is 15.9 Å². The molecule has 1 aromatic rings. The summed E-state index contributed by atoms with van der Waals surface area (Å²) < 4.78 is 3.28. The summed E-state index contributed by atoms with van der Waals surface area (Å²) in [5.74, 6) is 0. The quantitative estimate of drug-likeness (QED) is 0.701. The van der Waals surface area contributed by atoms with Crippen LogP contribution in [0.1, 0.15) is 23.6 Å². The lowest BCUT2D eigenvalue weighted by Crippen LogP contribution is -2.04. The summed E-state index contributed by atoms with van der Waals surface area (Å²) in [5.41, 5.74) is 8.62. The number of halogens is 1. The van der Waals surface area contributed by atoms with E-state index in [1.165, 1.54) is 15.7 Å². The van der Waals surface area contributed by atoms with Gasteiger partial charge in [-0.25, -0.2) is 0 Å². The van der Waals surface area contributed by atoms with Crippen molar-refractivity contribution >= 4 is 15.9 Å². The van der Waals surface area contributed by atoms with E-state index in [2.05, 4.69) is 26.7 Å². The summed E-state index contributed by atoms with van der Waals surface area (Å²) in [6.07, 6.45) is 4.35. The summed E-state index contributed by atoms with van der Waals surface area (Å²) in [6, 6.07) is 0.266. The Balaban J connectivity index is 2.57. The minimum atomic E-state index is 0.266. The Morgan fingerprint density at radius 2 is 2.45 bits per heavy atom. The third kappa shape index (κ3) is 0.948. The molecule has 1 aliphatic rings. The third-order valence-electron chi connectivity index (χ3n) is 2.34. The van der Waals surface area contributed by atoms with Crippen LogP contribution in [0.25, 0.3) is 0 Å². The van der Waals surface area contributed by atoms with Crippen LogP contribution in [0.3, 0.4) is 0 Å². The molecule has 0 aromatic carbocycles. The number of fused-ring (bicyclic) bond motifs is 1. The monoisotopic (exact) mass is 214 g/mol. The number of hydrogen-bond acceptors (Lipinski definition) is 1. The molecule has 60 valence electrons. The first-order valence-corrected chi connectivity index (χ1v) is 4.58. The predicted molar refractivity (Wildman–Crippen MR) is 48.4 cm³/mol. The van der Waals surface area contributed by atoms with Gasteiger partial charge in [-0.05, 0) is 39.9 Å². The van der Waals surface area contributed by atoms with Gasteiger partial charge in [0.15, 0.2) is 0 Å². The number of rotatable bonds is 0. The van der Waals surface area contributed by atoms with Crippen molar-refractivity contribution < 1.29 is 0 Å². The van der Waals surface area contributed by atoms with Gasteiger partial charge in [-0.3, -0.25) is 0 Å². The molecule has 0 saturated carbocycles. The zero-order chi connectivity index (χ0) is 8.01. The molecule has 3 heteroatoms. The SMILES string of the molecule is Cn1cc2c(c1Br)CCC2N. The van der Waals surface area contributed by atoms with Gasteiger partial charge in [-0.2, -0.15) is 0 Å². The molecule has 2 rings (SSSR count). The molecule has 0 fully saturated rings. The number of nitrogens with two attached hydrogens (primary N) is 1. The lowest BCUT2D eigenvalue weighted by atomic mass is 10.2. The fourth-order valence-corrected chi connectivity index (χ4v) is 2.23. The van der Waals surface area contributed by atoms with Crippen molar-refractivity contribution in [2.75, 3.05) is 0 Å². The molecule has 0 bridgehead atoms. The maximum Gasteiger partial charge on any atom is 0.0879 e. The second-order valence-corrected chi connectivity index (χ2v) is 3.86.